The molecule has 100 valence electrons. The van der Waals surface area contributed by atoms with Gasteiger partial charge < -0.3 is 9.47 Å². The molecular weight excluding hydrogens is 355 g/mol. The molecule has 2 rings (SSSR count). The average Bonchev–Trinajstić information content (AvgIpc) is 2.38. The predicted molar refractivity (Wildman–Crippen MR) is 77.8 cm³/mol. The van der Waals surface area contributed by atoms with E-state index in [1.807, 2.05) is 0 Å². The van der Waals surface area contributed by atoms with Crippen LogP contribution in [0.25, 0.3) is 0 Å². The molecule has 0 fully saturated rings. The number of alkyl halides is 1. The number of aromatic nitrogens is 2. The molecule has 0 unspecified atom stereocenters. The van der Waals surface area contributed by atoms with Gasteiger partial charge >= 0.3 is 6.01 Å². The van der Waals surface area contributed by atoms with Gasteiger partial charge in [0.05, 0.1) is 7.11 Å². The number of ether oxygens (including phenoxy) is 2. The molecule has 0 spiro atoms. The first kappa shape index (κ1) is 14.4. The summed E-state index contributed by atoms with van der Waals surface area (Å²) in [5.41, 5.74) is 0.812. The number of halogens is 3. The Hall–Kier alpha value is -1.04. The Kier molecular flexibility index (Phi) is 4.85. The zero-order chi connectivity index (χ0) is 13.8. The molecule has 19 heavy (non-hydrogen) atoms. The Morgan fingerprint density at radius 3 is 2.74 bits per heavy atom. The molecule has 0 radical (unpaired) electrons. The number of methoxy groups -OCH3 is 1. The van der Waals surface area contributed by atoms with Gasteiger partial charge in [-0.1, -0.05) is 45.2 Å². The largest absolute Gasteiger partial charge is 0.481 e. The van der Waals surface area contributed by atoms with Crippen molar-refractivity contribution >= 4 is 39.1 Å². The summed E-state index contributed by atoms with van der Waals surface area (Å²) in [6.45, 7) is 0. The van der Waals surface area contributed by atoms with Crippen LogP contribution in [0.3, 0.4) is 0 Å². The van der Waals surface area contributed by atoms with Crippen LogP contribution in [0.4, 0.5) is 0 Å². The number of hydrogen-bond donors (Lipinski definition) is 0. The van der Waals surface area contributed by atoms with Crippen molar-refractivity contribution in [1.29, 1.82) is 0 Å². The highest BCUT2D eigenvalue weighted by Gasteiger charge is 2.11. The summed E-state index contributed by atoms with van der Waals surface area (Å²) in [6.07, 6.45) is 0. The summed E-state index contributed by atoms with van der Waals surface area (Å²) >= 11 is 15.3. The van der Waals surface area contributed by atoms with Crippen molar-refractivity contribution < 1.29 is 9.47 Å². The van der Waals surface area contributed by atoms with Crippen LogP contribution < -0.4 is 9.47 Å². The predicted octanol–water partition coefficient (Wildman–Crippen LogP) is 4.48. The molecule has 0 aliphatic heterocycles. The number of rotatable bonds is 4. The van der Waals surface area contributed by atoms with E-state index in [-0.39, 0.29) is 11.2 Å². The van der Waals surface area contributed by atoms with Crippen LogP contribution in [0.2, 0.25) is 10.2 Å². The van der Waals surface area contributed by atoms with Crippen molar-refractivity contribution in [3.05, 3.63) is 40.0 Å². The van der Waals surface area contributed by atoms with Crippen molar-refractivity contribution in [2.45, 2.75) is 5.33 Å². The lowest BCUT2D eigenvalue weighted by Crippen LogP contribution is -1.97. The second-order valence-corrected chi connectivity index (χ2v) is 4.82. The van der Waals surface area contributed by atoms with E-state index in [9.17, 15) is 0 Å². The first-order valence-electron chi connectivity index (χ1n) is 5.24. The van der Waals surface area contributed by atoms with Gasteiger partial charge in [-0.2, -0.15) is 9.97 Å². The molecule has 1 aromatic heterocycles. The third kappa shape index (κ3) is 3.49. The van der Waals surface area contributed by atoms with Gasteiger partial charge in [0.25, 0.3) is 0 Å². The zero-order valence-electron chi connectivity index (χ0n) is 9.86. The van der Waals surface area contributed by atoms with E-state index in [0.717, 1.165) is 5.56 Å². The normalized spacial score (nSPS) is 10.3. The highest BCUT2D eigenvalue weighted by molar-refractivity contribution is 9.08. The van der Waals surface area contributed by atoms with Crippen LogP contribution >= 0.6 is 39.1 Å². The summed E-state index contributed by atoms with van der Waals surface area (Å²) in [5, 5.41) is 1.40. The molecular formula is C12H9BrCl2N2O2. The van der Waals surface area contributed by atoms with E-state index in [4.69, 9.17) is 32.7 Å². The molecule has 0 atom stereocenters. The Labute approximate surface area is 128 Å². The molecule has 4 nitrogen and oxygen atoms in total. The Bertz CT molecular complexity index is 596. The molecule has 0 aliphatic rings. The lowest BCUT2D eigenvalue weighted by atomic mass is 10.2. The van der Waals surface area contributed by atoms with E-state index in [1.54, 1.807) is 18.2 Å². The molecule has 0 saturated carbocycles. The third-order valence-corrected chi connectivity index (χ3v) is 3.38. The second-order valence-electron chi connectivity index (χ2n) is 3.47. The molecule has 1 heterocycles. The number of hydrogen-bond acceptors (Lipinski definition) is 4. The molecule has 0 amide bonds. The Balaban J connectivity index is 2.36. The van der Waals surface area contributed by atoms with E-state index < -0.39 is 0 Å². The lowest BCUT2D eigenvalue weighted by molar-refractivity contribution is 0.376. The van der Waals surface area contributed by atoms with Crippen LogP contribution in [0.15, 0.2) is 24.3 Å². The minimum Gasteiger partial charge on any atom is -0.481 e. The Morgan fingerprint density at radius 2 is 2.05 bits per heavy atom. The van der Waals surface area contributed by atoms with Gasteiger partial charge in [0.2, 0.25) is 5.88 Å². The van der Waals surface area contributed by atoms with Gasteiger partial charge in [0.1, 0.15) is 10.9 Å². The molecule has 1 aromatic carbocycles. The highest BCUT2D eigenvalue weighted by Crippen LogP contribution is 2.31. The van der Waals surface area contributed by atoms with E-state index >= 15 is 0 Å². The van der Waals surface area contributed by atoms with Gasteiger partial charge in [-0.15, -0.1) is 0 Å². The average molecular weight is 364 g/mol. The smallest absolute Gasteiger partial charge is 0.326 e. The van der Waals surface area contributed by atoms with Gasteiger partial charge in [-0.3, -0.25) is 0 Å². The van der Waals surface area contributed by atoms with Crippen LogP contribution in [-0.4, -0.2) is 17.1 Å². The SMILES string of the molecule is COc1cc(Cl)nc(Oc2cccc(Cl)c2CBr)n1. The first-order chi connectivity index (χ1) is 9.13. The van der Waals surface area contributed by atoms with Gasteiger partial charge in [-0.25, -0.2) is 0 Å². The van der Waals surface area contributed by atoms with E-state index in [1.165, 1.54) is 13.2 Å². The number of nitrogens with zero attached hydrogens (tertiary/aromatic N) is 2. The van der Waals surface area contributed by atoms with Crippen molar-refractivity contribution in [3.63, 3.8) is 0 Å². The van der Waals surface area contributed by atoms with E-state index in [2.05, 4.69) is 25.9 Å². The Morgan fingerprint density at radius 1 is 1.26 bits per heavy atom. The summed E-state index contributed by atoms with van der Waals surface area (Å²) in [6, 6.07) is 6.95. The monoisotopic (exact) mass is 362 g/mol. The van der Waals surface area contributed by atoms with E-state index in [0.29, 0.717) is 22.0 Å². The standard InChI is InChI=1S/C12H9BrCl2N2O2/c1-18-11-5-10(15)16-12(17-11)19-9-4-2-3-8(14)7(9)6-13/h2-5H,6H2,1H3. The molecule has 0 aliphatic carbocycles. The van der Waals surface area contributed by atoms with Crippen molar-refractivity contribution in [1.82, 2.24) is 9.97 Å². The summed E-state index contributed by atoms with van der Waals surface area (Å²) in [7, 11) is 1.49. The fourth-order valence-electron chi connectivity index (χ4n) is 1.39. The summed E-state index contributed by atoms with van der Waals surface area (Å²) < 4.78 is 10.6. The van der Waals surface area contributed by atoms with Crippen molar-refractivity contribution in [2.75, 3.05) is 7.11 Å². The van der Waals surface area contributed by atoms with Gasteiger partial charge in [0.15, 0.2) is 0 Å². The fourth-order valence-corrected chi connectivity index (χ4v) is 2.53. The first-order valence-corrected chi connectivity index (χ1v) is 7.11. The maximum Gasteiger partial charge on any atom is 0.326 e. The quantitative estimate of drug-likeness (QED) is 0.593. The lowest BCUT2D eigenvalue weighted by Gasteiger charge is -2.10. The minimum absolute atomic E-state index is 0.105. The van der Waals surface area contributed by atoms with Gasteiger partial charge in [0, 0.05) is 22.0 Å². The maximum atomic E-state index is 6.08. The van der Waals surface area contributed by atoms with Crippen LogP contribution in [0.5, 0.6) is 17.6 Å². The maximum absolute atomic E-state index is 6.08. The minimum atomic E-state index is 0.105. The topological polar surface area (TPSA) is 44.2 Å². The molecule has 7 heteroatoms. The number of benzene rings is 1. The third-order valence-electron chi connectivity index (χ3n) is 2.27. The zero-order valence-corrected chi connectivity index (χ0v) is 13.0. The fraction of sp³-hybridized carbons (Fsp3) is 0.167. The molecule has 0 bridgehead atoms. The molecule has 2 aromatic rings. The molecule has 0 saturated heterocycles. The van der Waals surface area contributed by atoms with Crippen LogP contribution in [-0.2, 0) is 5.33 Å². The van der Waals surface area contributed by atoms with Crippen molar-refractivity contribution in [2.24, 2.45) is 0 Å². The summed E-state index contributed by atoms with van der Waals surface area (Å²) in [4.78, 5) is 8.03. The van der Waals surface area contributed by atoms with Crippen LogP contribution in [0, 0.1) is 0 Å². The summed E-state index contributed by atoms with van der Waals surface area (Å²) in [5.74, 6) is 0.895. The second kappa shape index (κ2) is 6.41. The highest BCUT2D eigenvalue weighted by atomic mass is 79.9. The van der Waals surface area contributed by atoms with Gasteiger partial charge in [-0.05, 0) is 12.1 Å². The molecule has 0 N–H and O–H groups in total. The van der Waals surface area contributed by atoms with Crippen molar-refractivity contribution in [3.8, 4) is 17.6 Å². The van der Waals surface area contributed by atoms with Crippen LogP contribution in [0.1, 0.15) is 5.56 Å².